The number of nitrogens with one attached hydrogen (secondary N) is 3. The third kappa shape index (κ3) is 6.59. The molecule has 0 bridgehead atoms. The van der Waals surface area contributed by atoms with Crippen LogP contribution in [0, 0.1) is 10.8 Å². The molecule has 1 aromatic rings. The van der Waals surface area contributed by atoms with Crippen molar-refractivity contribution in [2.45, 2.75) is 57.7 Å². The van der Waals surface area contributed by atoms with Crippen LogP contribution in [0.5, 0.6) is 0 Å². The van der Waals surface area contributed by atoms with E-state index in [1.807, 2.05) is 6.07 Å². The Bertz CT molecular complexity index is 831. The van der Waals surface area contributed by atoms with E-state index in [1.54, 1.807) is 25.4 Å². The molecule has 8 heteroatoms. The SMILES string of the molecule is CN=CC(=CN)c1ccc(C(=N)SC(=N)OC2CC(C)(C)NC(C)(C)C2)c(Cl)c1. The molecule has 0 saturated carbocycles. The van der Waals surface area contributed by atoms with Crippen molar-refractivity contribution in [3.05, 3.63) is 40.5 Å². The van der Waals surface area contributed by atoms with E-state index in [0.717, 1.165) is 35.7 Å². The predicted octanol–water partition coefficient (Wildman–Crippen LogP) is 4.66. The molecule has 1 saturated heterocycles. The molecule has 5 N–H and O–H groups in total. The average Bonchev–Trinajstić information content (AvgIpc) is 2.56. The standard InChI is InChI=1S/C21H30ClN5OS/c1-20(2)9-15(10-21(3,4)27-20)28-19(25)29-18(24)16-7-6-13(8-17(16)22)14(11-23)12-26-5/h6-8,11-12,15,24-25,27H,9-10,23H2,1-5H3. The fraction of sp³-hybridized carbons (Fsp3) is 0.476. The molecule has 0 radical (unpaired) electrons. The zero-order valence-corrected chi connectivity index (χ0v) is 19.2. The topological polar surface area (TPSA) is 107 Å². The first-order chi connectivity index (χ1) is 13.5. The molecule has 1 heterocycles. The van der Waals surface area contributed by atoms with Gasteiger partial charge >= 0.3 is 0 Å². The molecule has 0 unspecified atom stereocenters. The van der Waals surface area contributed by atoms with E-state index in [2.05, 4.69) is 38.0 Å². The first-order valence-corrected chi connectivity index (χ1v) is 10.6. The maximum absolute atomic E-state index is 8.36. The van der Waals surface area contributed by atoms with Gasteiger partial charge in [0, 0.05) is 54.5 Å². The van der Waals surface area contributed by atoms with E-state index in [1.165, 1.54) is 6.20 Å². The normalized spacial score (nSPS) is 19.3. The lowest BCUT2D eigenvalue weighted by Gasteiger charge is -2.46. The van der Waals surface area contributed by atoms with Gasteiger partial charge in [-0.2, -0.15) is 0 Å². The summed E-state index contributed by atoms with van der Waals surface area (Å²) in [6.45, 7) is 8.55. The third-order valence-electron chi connectivity index (χ3n) is 4.62. The number of allylic oxidation sites excluding steroid dienone is 1. The Morgan fingerprint density at radius 2 is 1.90 bits per heavy atom. The van der Waals surface area contributed by atoms with Gasteiger partial charge in [0.15, 0.2) is 0 Å². The van der Waals surface area contributed by atoms with Gasteiger partial charge in [0.2, 0.25) is 5.23 Å². The lowest BCUT2D eigenvalue weighted by atomic mass is 9.81. The second-order valence-electron chi connectivity index (χ2n) is 8.46. The summed E-state index contributed by atoms with van der Waals surface area (Å²) < 4.78 is 5.89. The van der Waals surface area contributed by atoms with E-state index >= 15 is 0 Å². The van der Waals surface area contributed by atoms with Crippen molar-refractivity contribution >= 4 is 45.4 Å². The molecule has 1 aromatic carbocycles. The number of benzene rings is 1. The van der Waals surface area contributed by atoms with Crippen molar-refractivity contribution in [2.75, 3.05) is 7.05 Å². The van der Waals surface area contributed by atoms with Crippen LogP contribution in [0.15, 0.2) is 29.4 Å². The van der Waals surface area contributed by atoms with Gasteiger partial charge < -0.3 is 15.8 Å². The van der Waals surface area contributed by atoms with Crippen LogP contribution in [-0.2, 0) is 4.74 Å². The molecule has 0 aromatic heterocycles. The lowest BCUT2D eigenvalue weighted by molar-refractivity contribution is 0.0507. The molecule has 29 heavy (non-hydrogen) atoms. The van der Waals surface area contributed by atoms with Crippen molar-refractivity contribution in [3.8, 4) is 0 Å². The van der Waals surface area contributed by atoms with Crippen LogP contribution < -0.4 is 11.1 Å². The summed E-state index contributed by atoms with van der Waals surface area (Å²) in [6.07, 6.45) is 4.64. The van der Waals surface area contributed by atoms with Gasteiger partial charge in [-0.05, 0) is 51.1 Å². The molecule has 1 fully saturated rings. The van der Waals surface area contributed by atoms with Gasteiger partial charge in [-0.1, -0.05) is 23.7 Å². The second-order valence-corrected chi connectivity index (χ2v) is 9.85. The number of hydrogen-bond acceptors (Lipinski definition) is 7. The first-order valence-electron chi connectivity index (χ1n) is 9.41. The van der Waals surface area contributed by atoms with Crippen LogP contribution >= 0.6 is 23.4 Å². The van der Waals surface area contributed by atoms with Crippen LogP contribution in [0.4, 0.5) is 0 Å². The Kier molecular flexibility index (Phi) is 7.54. The highest BCUT2D eigenvalue weighted by molar-refractivity contribution is 8.26. The van der Waals surface area contributed by atoms with Gasteiger partial charge in [-0.3, -0.25) is 15.8 Å². The Morgan fingerprint density at radius 3 is 2.41 bits per heavy atom. The molecule has 0 atom stereocenters. The number of nitrogens with zero attached hydrogens (tertiary/aromatic N) is 1. The van der Waals surface area contributed by atoms with Gasteiger partial charge in [-0.15, -0.1) is 0 Å². The molecule has 0 amide bonds. The van der Waals surface area contributed by atoms with Crippen molar-refractivity contribution in [1.82, 2.24) is 5.32 Å². The maximum atomic E-state index is 8.36. The Labute approximate surface area is 182 Å². The quantitative estimate of drug-likeness (QED) is 0.407. The molecular weight excluding hydrogens is 406 g/mol. The number of hydrogen-bond donors (Lipinski definition) is 4. The molecule has 6 nitrogen and oxygen atoms in total. The maximum Gasteiger partial charge on any atom is 0.249 e. The number of nitrogens with two attached hydrogens (primary N) is 1. The largest absolute Gasteiger partial charge is 0.469 e. The van der Waals surface area contributed by atoms with Gasteiger partial charge in [-0.25, -0.2) is 0 Å². The number of aliphatic imine (C=N–C) groups is 1. The van der Waals surface area contributed by atoms with E-state index in [9.17, 15) is 0 Å². The highest BCUT2D eigenvalue weighted by atomic mass is 35.5. The van der Waals surface area contributed by atoms with Gasteiger partial charge in [0.05, 0.1) is 5.02 Å². The average molecular weight is 436 g/mol. The Hall–Kier alpha value is -1.83. The molecule has 0 spiro atoms. The van der Waals surface area contributed by atoms with E-state index < -0.39 is 0 Å². The molecule has 2 rings (SSSR count). The van der Waals surface area contributed by atoms with Gasteiger partial charge in [0.1, 0.15) is 11.1 Å². The Balaban J connectivity index is 2.05. The minimum absolute atomic E-state index is 0.00861. The second kappa shape index (κ2) is 9.32. The van der Waals surface area contributed by atoms with Crippen molar-refractivity contribution < 1.29 is 4.74 Å². The van der Waals surface area contributed by atoms with E-state index in [0.29, 0.717) is 10.6 Å². The number of halogens is 1. The van der Waals surface area contributed by atoms with Crippen LogP contribution in [0.3, 0.4) is 0 Å². The molecule has 1 aliphatic rings. The molecule has 0 aliphatic carbocycles. The predicted molar refractivity (Wildman–Crippen MR) is 126 cm³/mol. The fourth-order valence-electron chi connectivity index (χ4n) is 3.87. The third-order valence-corrected chi connectivity index (χ3v) is 5.63. The number of ether oxygens (including phenoxy) is 1. The summed E-state index contributed by atoms with van der Waals surface area (Å²) in [5.74, 6) is 0. The number of thioether (sulfide) groups is 1. The summed E-state index contributed by atoms with van der Waals surface area (Å²) in [5.41, 5.74) is 7.60. The van der Waals surface area contributed by atoms with Gasteiger partial charge in [0.25, 0.3) is 0 Å². The highest BCUT2D eigenvalue weighted by Gasteiger charge is 2.39. The van der Waals surface area contributed by atoms with Crippen molar-refractivity contribution in [3.63, 3.8) is 0 Å². The van der Waals surface area contributed by atoms with Crippen LogP contribution in [0.2, 0.25) is 5.02 Å². The van der Waals surface area contributed by atoms with Crippen LogP contribution in [0.25, 0.3) is 5.57 Å². The summed E-state index contributed by atoms with van der Waals surface area (Å²) in [7, 11) is 1.67. The smallest absolute Gasteiger partial charge is 0.249 e. The number of rotatable bonds is 4. The fourth-order valence-corrected chi connectivity index (χ4v) is 4.86. The summed E-state index contributed by atoms with van der Waals surface area (Å²) in [4.78, 5) is 3.97. The summed E-state index contributed by atoms with van der Waals surface area (Å²) in [6, 6.07) is 5.33. The van der Waals surface area contributed by atoms with Crippen LogP contribution in [-0.4, -0.2) is 40.7 Å². The summed E-state index contributed by atoms with van der Waals surface area (Å²) in [5, 5.41) is 20.8. The minimum atomic E-state index is -0.0718. The van der Waals surface area contributed by atoms with Crippen molar-refractivity contribution in [2.24, 2.45) is 10.7 Å². The number of piperidine rings is 1. The van der Waals surface area contributed by atoms with Crippen LogP contribution in [0.1, 0.15) is 51.7 Å². The summed E-state index contributed by atoms with van der Waals surface area (Å²) >= 11 is 7.35. The zero-order valence-electron chi connectivity index (χ0n) is 17.6. The molecule has 158 valence electrons. The van der Waals surface area contributed by atoms with E-state index in [4.69, 9.17) is 32.9 Å². The highest BCUT2D eigenvalue weighted by Crippen LogP contribution is 2.32. The lowest BCUT2D eigenvalue weighted by Crippen LogP contribution is -2.59. The Morgan fingerprint density at radius 1 is 1.28 bits per heavy atom. The monoisotopic (exact) mass is 435 g/mol. The van der Waals surface area contributed by atoms with E-state index in [-0.39, 0.29) is 27.5 Å². The van der Waals surface area contributed by atoms with Crippen molar-refractivity contribution in [1.29, 1.82) is 10.8 Å². The first kappa shape index (κ1) is 23.4. The molecular formula is C21H30ClN5OS. The zero-order chi connectivity index (χ0) is 21.8. The molecule has 1 aliphatic heterocycles. The minimum Gasteiger partial charge on any atom is -0.469 e.